The summed E-state index contributed by atoms with van der Waals surface area (Å²) >= 11 is 0. The molecule has 1 aliphatic heterocycles. The second kappa shape index (κ2) is 10.5. The lowest BCUT2D eigenvalue weighted by Crippen LogP contribution is -2.52. The minimum absolute atomic E-state index is 0.0638. The fraction of sp³-hybridized carbons (Fsp3) is 0.519. The topological polar surface area (TPSA) is 112 Å². The van der Waals surface area contributed by atoms with Crippen molar-refractivity contribution >= 4 is 22.7 Å². The van der Waals surface area contributed by atoms with Crippen molar-refractivity contribution in [2.24, 2.45) is 25.9 Å². The van der Waals surface area contributed by atoms with E-state index in [4.69, 9.17) is 4.74 Å². The fourth-order valence-corrected chi connectivity index (χ4v) is 5.75. The summed E-state index contributed by atoms with van der Waals surface area (Å²) in [6, 6.07) is 5.14. The molecule has 0 radical (unpaired) electrons. The number of imidazole rings is 1. The Labute approximate surface area is 220 Å². The number of rotatable bonds is 5. The van der Waals surface area contributed by atoms with E-state index in [0.29, 0.717) is 55.1 Å². The third kappa shape index (κ3) is 4.72. The molecule has 11 nitrogen and oxygen atoms in total. The molecular formula is C27H34N6O5. The molecule has 2 amide bonds. The number of hydrogen-bond acceptors (Lipinski definition) is 6. The van der Waals surface area contributed by atoms with Gasteiger partial charge in [0.2, 0.25) is 5.91 Å². The first-order valence-corrected chi connectivity index (χ1v) is 13.1. The van der Waals surface area contributed by atoms with Crippen LogP contribution in [0.1, 0.15) is 36.2 Å². The Morgan fingerprint density at radius 1 is 1.00 bits per heavy atom. The zero-order valence-electron chi connectivity index (χ0n) is 22.1. The lowest BCUT2D eigenvalue weighted by Gasteiger charge is -2.38. The van der Waals surface area contributed by atoms with Crippen molar-refractivity contribution in [3.63, 3.8) is 0 Å². The van der Waals surface area contributed by atoms with Gasteiger partial charge >= 0.3 is 5.69 Å². The molecule has 11 heteroatoms. The van der Waals surface area contributed by atoms with Crippen molar-refractivity contribution in [1.29, 1.82) is 0 Å². The minimum Gasteiger partial charge on any atom is -0.497 e. The number of carbonyl (C=O) groups is 2. The third-order valence-electron chi connectivity index (χ3n) is 8.11. The number of nitrogens with zero attached hydrogens (tertiary/aromatic N) is 6. The molecule has 2 aromatic heterocycles. The van der Waals surface area contributed by atoms with Crippen LogP contribution in [0.2, 0.25) is 0 Å². The maximum Gasteiger partial charge on any atom is 0.331 e. The van der Waals surface area contributed by atoms with Crippen molar-refractivity contribution in [2.75, 3.05) is 33.3 Å². The third-order valence-corrected chi connectivity index (χ3v) is 8.11. The maximum absolute atomic E-state index is 13.2. The van der Waals surface area contributed by atoms with E-state index in [1.807, 2.05) is 4.90 Å². The van der Waals surface area contributed by atoms with Gasteiger partial charge in [0, 0.05) is 52.7 Å². The average Bonchev–Trinajstić information content (AvgIpc) is 3.39. The number of carbonyl (C=O) groups excluding carboxylic acids is 2. The predicted molar refractivity (Wildman–Crippen MR) is 141 cm³/mol. The molecular weight excluding hydrogens is 488 g/mol. The van der Waals surface area contributed by atoms with Crippen LogP contribution in [0.25, 0.3) is 10.9 Å². The summed E-state index contributed by atoms with van der Waals surface area (Å²) in [5.41, 5.74) is 0.485. The molecule has 38 heavy (non-hydrogen) atoms. The van der Waals surface area contributed by atoms with E-state index in [-0.39, 0.29) is 34.9 Å². The highest BCUT2D eigenvalue weighted by atomic mass is 16.5. The van der Waals surface area contributed by atoms with Gasteiger partial charge in [0.25, 0.3) is 11.5 Å². The highest BCUT2D eigenvalue weighted by molar-refractivity contribution is 5.92. The molecule has 0 N–H and O–H groups in total. The molecule has 2 aliphatic rings. The standard InChI is InChI=1S/C27H34N6O5/c1-29-17-28-15-23(29)26(36)32-12-10-31(11-13-32)24(34)19-6-4-18(5-7-19)16-33-25(35)21-14-20(38-3)8-9-22(21)30(2)27(33)37/h8-9,14-15,17-19H,4-7,10-13,16H2,1-3H3. The number of ether oxygens (including phenoxy) is 1. The zero-order chi connectivity index (χ0) is 27.0. The average molecular weight is 523 g/mol. The summed E-state index contributed by atoms with van der Waals surface area (Å²) in [5.74, 6) is 0.737. The summed E-state index contributed by atoms with van der Waals surface area (Å²) in [6.45, 7) is 2.39. The molecule has 0 unspecified atom stereocenters. The Balaban J connectivity index is 1.19. The summed E-state index contributed by atoms with van der Waals surface area (Å²) in [6.07, 6.45) is 6.19. The second-order valence-electron chi connectivity index (χ2n) is 10.4. The van der Waals surface area contributed by atoms with Crippen LogP contribution in [0.4, 0.5) is 0 Å². The number of methoxy groups -OCH3 is 1. The normalized spacial score (nSPS) is 20.1. The number of hydrogen-bond donors (Lipinski definition) is 0. The van der Waals surface area contributed by atoms with Crippen LogP contribution in [0.3, 0.4) is 0 Å². The number of piperazine rings is 1. The number of amides is 2. The van der Waals surface area contributed by atoms with Gasteiger partial charge in [-0.05, 0) is 49.8 Å². The van der Waals surface area contributed by atoms with Crippen molar-refractivity contribution in [3.8, 4) is 5.75 Å². The Morgan fingerprint density at radius 2 is 1.68 bits per heavy atom. The molecule has 5 rings (SSSR count). The SMILES string of the molecule is COc1ccc2c(c1)c(=O)n(CC1CCC(C(=O)N3CCN(C(=O)c4cncn4C)CC3)CC1)c(=O)n2C. The molecule has 1 aliphatic carbocycles. The van der Waals surface area contributed by atoms with Gasteiger partial charge in [-0.2, -0.15) is 0 Å². The van der Waals surface area contributed by atoms with Crippen LogP contribution in [0.5, 0.6) is 5.75 Å². The van der Waals surface area contributed by atoms with Crippen LogP contribution in [0.15, 0.2) is 40.3 Å². The van der Waals surface area contributed by atoms with Gasteiger partial charge in [0.15, 0.2) is 0 Å². The Bertz CT molecular complexity index is 1470. The Morgan fingerprint density at radius 3 is 2.32 bits per heavy atom. The van der Waals surface area contributed by atoms with Crippen LogP contribution < -0.4 is 16.0 Å². The molecule has 0 spiro atoms. The van der Waals surface area contributed by atoms with Crippen molar-refractivity contribution in [3.05, 3.63) is 57.3 Å². The summed E-state index contributed by atoms with van der Waals surface area (Å²) in [5, 5.41) is 0.455. The van der Waals surface area contributed by atoms with Crippen molar-refractivity contribution < 1.29 is 14.3 Å². The summed E-state index contributed by atoms with van der Waals surface area (Å²) in [4.78, 5) is 59.8. The number of aryl methyl sites for hydroxylation is 2. The fourth-order valence-electron chi connectivity index (χ4n) is 5.75. The van der Waals surface area contributed by atoms with Gasteiger partial charge in [-0.3, -0.25) is 23.5 Å². The van der Waals surface area contributed by atoms with E-state index in [0.717, 1.165) is 25.7 Å². The van der Waals surface area contributed by atoms with Gasteiger partial charge in [-0.15, -0.1) is 0 Å². The molecule has 1 aromatic carbocycles. The van der Waals surface area contributed by atoms with Crippen molar-refractivity contribution in [1.82, 2.24) is 28.5 Å². The van der Waals surface area contributed by atoms with Gasteiger partial charge < -0.3 is 19.1 Å². The van der Waals surface area contributed by atoms with Gasteiger partial charge in [0.05, 0.1) is 30.5 Å². The van der Waals surface area contributed by atoms with E-state index >= 15 is 0 Å². The first kappa shape index (κ1) is 25.7. The van der Waals surface area contributed by atoms with Crippen LogP contribution in [-0.2, 0) is 25.4 Å². The van der Waals surface area contributed by atoms with E-state index in [1.54, 1.807) is 61.4 Å². The van der Waals surface area contributed by atoms with Gasteiger partial charge in [-0.1, -0.05) is 0 Å². The smallest absolute Gasteiger partial charge is 0.331 e. The van der Waals surface area contributed by atoms with E-state index in [2.05, 4.69) is 4.98 Å². The molecule has 0 atom stereocenters. The number of aromatic nitrogens is 4. The lowest BCUT2D eigenvalue weighted by atomic mass is 9.81. The molecule has 0 bridgehead atoms. The highest BCUT2D eigenvalue weighted by Gasteiger charge is 2.33. The Hall–Kier alpha value is -3.89. The summed E-state index contributed by atoms with van der Waals surface area (Å²) < 4.78 is 9.80. The monoisotopic (exact) mass is 522 g/mol. The highest BCUT2D eigenvalue weighted by Crippen LogP contribution is 2.31. The molecule has 3 heterocycles. The molecule has 2 fully saturated rings. The molecule has 3 aromatic rings. The number of fused-ring (bicyclic) bond motifs is 1. The summed E-state index contributed by atoms with van der Waals surface area (Å²) in [7, 11) is 5.01. The van der Waals surface area contributed by atoms with E-state index in [9.17, 15) is 19.2 Å². The maximum atomic E-state index is 13.2. The molecule has 1 saturated carbocycles. The van der Waals surface area contributed by atoms with Crippen LogP contribution in [-0.4, -0.2) is 73.6 Å². The predicted octanol–water partition coefficient (Wildman–Crippen LogP) is 1.23. The van der Waals surface area contributed by atoms with E-state index < -0.39 is 0 Å². The second-order valence-corrected chi connectivity index (χ2v) is 10.4. The van der Waals surface area contributed by atoms with Crippen molar-refractivity contribution in [2.45, 2.75) is 32.2 Å². The van der Waals surface area contributed by atoms with E-state index in [1.165, 1.54) is 9.13 Å². The minimum atomic E-state index is -0.329. The van der Waals surface area contributed by atoms with Crippen LogP contribution >= 0.6 is 0 Å². The first-order valence-electron chi connectivity index (χ1n) is 13.1. The number of benzene rings is 1. The lowest BCUT2D eigenvalue weighted by molar-refractivity contribution is -0.138. The zero-order valence-corrected chi connectivity index (χ0v) is 22.1. The first-order chi connectivity index (χ1) is 18.3. The largest absolute Gasteiger partial charge is 0.497 e. The molecule has 1 saturated heterocycles. The molecule has 202 valence electrons. The van der Waals surface area contributed by atoms with Crippen LogP contribution in [0, 0.1) is 11.8 Å². The van der Waals surface area contributed by atoms with Gasteiger partial charge in [-0.25, -0.2) is 9.78 Å². The Kier molecular flexibility index (Phi) is 7.09. The quantitative estimate of drug-likeness (QED) is 0.498. The van der Waals surface area contributed by atoms with Gasteiger partial charge in [0.1, 0.15) is 11.4 Å².